The van der Waals surface area contributed by atoms with Crippen molar-refractivity contribution in [2.75, 3.05) is 0 Å². The van der Waals surface area contributed by atoms with E-state index in [1.54, 1.807) is 18.2 Å². The molecule has 1 amide bonds. The minimum absolute atomic E-state index is 0.149. The third kappa shape index (κ3) is 5.22. The highest BCUT2D eigenvalue weighted by atomic mass is 19.1. The second-order valence-corrected chi connectivity index (χ2v) is 7.28. The molecule has 5 nitrogen and oxygen atoms in total. The summed E-state index contributed by atoms with van der Waals surface area (Å²) < 4.78 is 21.4. The van der Waals surface area contributed by atoms with Gasteiger partial charge in [-0.05, 0) is 36.8 Å². The molecule has 2 aromatic carbocycles. The third-order valence-electron chi connectivity index (χ3n) is 4.88. The molecule has 0 aliphatic rings. The summed E-state index contributed by atoms with van der Waals surface area (Å²) in [5.41, 5.74) is 3.27. The van der Waals surface area contributed by atoms with Gasteiger partial charge in [0.1, 0.15) is 11.3 Å². The fourth-order valence-corrected chi connectivity index (χ4v) is 3.20. The first-order valence-corrected chi connectivity index (χ1v) is 10.1. The number of benzene rings is 2. The minimum atomic E-state index is -0.376. The van der Waals surface area contributed by atoms with E-state index in [-0.39, 0.29) is 18.1 Å². The maximum atomic E-state index is 13.9. The van der Waals surface area contributed by atoms with Crippen molar-refractivity contribution < 1.29 is 13.6 Å². The second-order valence-electron chi connectivity index (χ2n) is 7.28. The number of nitrogens with zero attached hydrogens (tertiary/aromatic N) is 3. The molecule has 31 heavy (non-hydrogen) atoms. The van der Waals surface area contributed by atoms with Gasteiger partial charge in [-0.15, -0.1) is 0 Å². The van der Waals surface area contributed by atoms with Crippen LogP contribution in [0.4, 0.5) is 4.39 Å². The van der Waals surface area contributed by atoms with Gasteiger partial charge in [0.15, 0.2) is 11.7 Å². The molecule has 4 rings (SSSR count). The van der Waals surface area contributed by atoms with Gasteiger partial charge < -0.3 is 8.98 Å². The molecule has 0 radical (unpaired) electrons. The summed E-state index contributed by atoms with van der Waals surface area (Å²) >= 11 is 0. The molecule has 4 aromatic rings. The van der Waals surface area contributed by atoms with Crippen LogP contribution in [0.3, 0.4) is 0 Å². The van der Waals surface area contributed by atoms with Crippen molar-refractivity contribution in [1.82, 2.24) is 9.55 Å². The molecule has 0 aliphatic heterocycles. The number of hydrogen-bond acceptors (Lipinski definition) is 3. The van der Waals surface area contributed by atoms with E-state index in [1.165, 1.54) is 17.8 Å². The zero-order valence-electron chi connectivity index (χ0n) is 17.2. The van der Waals surface area contributed by atoms with Crippen molar-refractivity contribution in [3.05, 3.63) is 107 Å². The molecule has 0 fully saturated rings. The van der Waals surface area contributed by atoms with Crippen LogP contribution in [0.25, 0.3) is 11.3 Å². The zero-order valence-corrected chi connectivity index (χ0v) is 17.2. The third-order valence-corrected chi connectivity index (χ3v) is 4.88. The molecular formula is C25H22FN3O2. The Balaban J connectivity index is 1.44. The van der Waals surface area contributed by atoms with E-state index in [0.717, 1.165) is 5.56 Å². The van der Waals surface area contributed by atoms with E-state index in [9.17, 15) is 9.18 Å². The molecule has 0 bridgehead atoms. The van der Waals surface area contributed by atoms with Crippen molar-refractivity contribution in [2.24, 2.45) is 4.99 Å². The molecule has 0 saturated carbocycles. The number of hydrogen-bond donors (Lipinski definition) is 0. The van der Waals surface area contributed by atoms with Crippen molar-refractivity contribution in [3.8, 4) is 11.3 Å². The topological polar surface area (TPSA) is 60.4 Å². The average molecular weight is 415 g/mol. The Morgan fingerprint density at radius 2 is 1.84 bits per heavy atom. The van der Waals surface area contributed by atoms with Crippen molar-refractivity contribution in [1.29, 1.82) is 0 Å². The molecule has 156 valence electrons. The molecule has 0 atom stereocenters. The monoisotopic (exact) mass is 415 g/mol. The van der Waals surface area contributed by atoms with Gasteiger partial charge in [0, 0.05) is 25.6 Å². The normalized spacial score (nSPS) is 11.6. The fraction of sp³-hybridized carbons (Fsp3) is 0.160. The van der Waals surface area contributed by atoms with E-state index in [4.69, 9.17) is 4.42 Å². The molecule has 2 aromatic heterocycles. The summed E-state index contributed by atoms with van der Waals surface area (Å²) in [5, 5.41) is 0. The molecular weight excluding hydrogens is 393 g/mol. The van der Waals surface area contributed by atoms with Gasteiger partial charge in [0.05, 0.1) is 11.8 Å². The lowest BCUT2D eigenvalue weighted by molar-refractivity contribution is -0.118. The standard InChI is InChI=1S/C25H22FN3O2/c1-18-9-11-19(12-10-18)17-29-15-5-4-8-23(29)28-24(30)13-14-25-27-16-22(31-25)20-6-2-3-7-21(20)26/h2-12,15-16H,13-14,17H2,1H3. The van der Waals surface area contributed by atoms with Crippen LogP contribution in [0.5, 0.6) is 0 Å². The Kier molecular flexibility index (Phi) is 6.17. The molecule has 0 unspecified atom stereocenters. The number of rotatable bonds is 6. The van der Waals surface area contributed by atoms with Gasteiger partial charge in [-0.3, -0.25) is 4.79 Å². The van der Waals surface area contributed by atoms with E-state index >= 15 is 0 Å². The summed E-state index contributed by atoms with van der Waals surface area (Å²) in [7, 11) is 0. The van der Waals surface area contributed by atoms with Crippen LogP contribution >= 0.6 is 0 Å². The Morgan fingerprint density at radius 3 is 2.65 bits per heavy atom. The number of pyridine rings is 1. The molecule has 0 aliphatic carbocycles. The number of carbonyl (C=O) groups is 1. The largest absolute Gasteiger partial charge is 0.441 e. The fourth-order valence-electron chi connectivity index (χ4n) is 3.20. The number of aromatic nitrogens is 2. The van der Waals surface area contributed by atoms with Crippen LogP contribution in [0, 0.1) is 12.7 Å². The van der Waals surface area contributed by atoms with Crippen molar-refractivity contribution in [3.63, 3.8) is 0 Å². The zero-order chi connectivity index (χ0) is 21.6. The minimum Gasteiger partial charge on any atom is -0.441 e. The molecule has 0 N–H and O–H groups in total. The Morgan fingerprint density at radius 1 is 1.06 bits per heavy atom. The lowest BCUT2D eigenvalue weighted by Gasteiger charge is -2.07. The van der Waals surface area contributed by atoms with Crippen LogP contribution in [0.15, 0.2) is 88.5 Å². The highest BCUT2D eigenvalue weighted by Crippen LogP contribution is 2.23. The van der Waals surface area contributed by atoms with Crippen LogP contribution in [0.1, 0.15) is 23.4 Å². The number of oxazole rings is 1. The first kappa shape index (κ1) is 20.5. The second kappa shape index (κ2) is 9.34. The van der Waals surface area contributed by atoms with Gasteiger partial charge in [-0.2, -0.15) is 4.99 Å². The lowest BCUT2D eigenvalue weighted by atomic mass is 10.1. The summed E-state index contributed by atoms with van der Waals surface area (Å²) in [6, 6.07) is 20.2. The van der Waals surface area contributed by atoms with Crippen molar-refractivity contribution in [2.45, 2.75) is 26.3 Å². The van der Waals surface area contributed by atoms with Crippen LogP contribution in [-0.2, 0) is 17.8 Å². The Hall–Kier alpha value is -3.80. The summed E-state index contributed by atoms with van der Waals surface area (Å²) in [6.45, 7) is 2.67. The molecule has 2 heterocycles. The molecule has 6 heteroatoms. The maximum absolute atomic E-state index is 13.9. The average Bonchev–Trinajstić information content (AvgIpc) is 3.24. The number of aryl methyl sites for hydroxylation is 2. The predicted molar refractivity (Wildman–Crippen MR) is 116 cm³/mol. The lowest BCUT2D eigenvalue weighted by Crippen LogP contribution is -2.22. The molecule has 0 saturated heterocycles. The van der Waals surface area contributed by atoms with Gasteiger partial charge in [0.25, 0.3) is 0 Å². The smallest absolute Gasteiger partial charge is 0.248 e. The van der Waals surface area contributed by atoms with Crippen molar-refractivity contribution >= 4 is 5.91 Å². The summed E-state index contributed by atoms with van der Waals surface area (Å²) in [5.74, 6) is 0.0758. The van der Waals surface area contributed by atoms with Gasteiger partial charge in [-0.1, -0.05) is 48.0 Å². The van der Waals surface area contributed by atoms with E-state index in [2.05, 4.69) is 34.2 Å². The first-order valence-electron chi connectivity index (χ1n) is 10.1. The van der Waals surface area contributed by atoms with Gasteiger partial charge >= 0.3 is 0 Å². The van der Waals surface area contributed by atoms with E-state index in [1.807, 2.05) is 35.9 Å². The maximum Gasteiger partial charge on any atom is 0.248 e. The van der Waals surface area contributed by atoms with Crippen LogP contribution in [-0.4, -0.2) is 15.5 Å². The number of carbonyl (C=O) groups excluding carboxylic acids is 1. The van der Waals surface area contributed by atoms with Gasteiger partial charge in [0.2, 0.25) is 5.91 Å². The number of amides is 1. The highest BCUT2D eigenvalue weighted by molar-refractivity contribution is 5.77. The Labute approximate surface area is 179 Å². The van der Waals surface area contributed by atoms with Gasteiger partial charge in [-0.25, -0.2) is 9.37 Å². The summed E-state index contributed by atoms with van der Waals surface area (Å²) in [6.07, 6.45) is 3.82. The van der Waals surface area contributed by atoms with Crippen LogP contribution < -0.4 is 5.49 Å². The highest BCUT2D eigenvalue weighted by Gasteiger charge is 2.11. The van der Waals surface area contributed by atoms with E-state index in [0.29, 0.717) is 35.7 Å². The summed E-state index contributed by atoms with van der Waals surface area (Å²) in [4.78, 5) is 20.9. The quantitative estimate of drug-likeness (QED) is 0.459. The Bertz CT molecular complexity index is 1260. The van der Waals surface area contributed by atoms with E-state index < -0.39 is 0 Å². The van der Waals surface area contributed by atoms with Crippen LogP contribution in [0.2, 0.25) is 0 Å². The first-order chi connectivity index (χ1) is 15.1. The number of halogens is 1. The predicted octanol–water partition coefficient (Wildman–Crippen LogP) is 4.70. The molecule has 0 spiro atoms. The SMILES string of the molecule is Cc1ccc(Cn2ccccc2=NC(=O)CCc2ncc(-c3ccccc3F)o2)cc1.